The van der Waals surface area contributed by atoms with E-state index in [2.05, 4.69) is 20.4 Å². The van der Waals surface area contributed by atoms with Crippen molar-refractivity contribution in [2.24, 2.45) is 0 Å². The molecule has 1 unspecified atom stereocenters. The summed E-state index contributed by atoms with van der Waals surface area (Å²) in [5, 5.41) is 7.05. The minimum absolute atomic E-state index is 0.111. The molecule has 1 N–H and O–H groups in total. The van der Waals surface area contributed by atoms with Gasteiger partial charge in [-0.2, -0.15) is 4.98 Å². The highest BCUT2D eigenvalue weighted by molar-refractivity contribution is 7.91. The Balaban J connectivity index is 1.72. The predicted molar refractivity (Wildman–Crippen MR) is 71.7 cm³/mol. The first-order chi connectivity index (χ1) is 9.62. The lowest BCUT2D eigenvalue weighted by Gasteiger charge is -2.21. The van der Waals surface area contributed by atoms with Crippen molar-refractivity contribution in [3.8, 4) is 11.4 Å². The van der Waals surface area contributed by atoms with Crippen LogP contribution in [0.3, 0.4) is 0 Å². The maximum absolute atomic E-state index is 11.6. The number of hydrogen-bond acceptors (Lipinski definition) is 7. The second kappa shape index (κ2) is 5.29. The highest BCUT2D eigenvalue weighted by Crippen LogP contribution is 2.15. The predicted octanol–water partition coefficient (Wildman–Crippen LogP) is 0.0607. The number of pyridine rings is 1. The molecule has 1 aliphatic rings. The SMILES string of the molecule is O=S1(=O)CCNC(Cc2nc(-c3ccncc3)no2)C1. The zero-order valence-corrected chi connectivity index (χ0v) is 11.5. The molecule has 1 atom stereocenters. The molecular weight excluding hydrogens is 280 g/mol. The van der Waals surface area contributed by atoms with Crippen LogP contribution in [-0.2, 0) is 16.3 Å². The summed E-state index contributed by atoms with van der Waals surface area (Å²) in [4.78, 5) is 8.21. The Morgan fingerprint density at radius 3 is 2.90 bits per heavy atom. The molecule has 20 heavy (non-hydrogen) atoms. The van der Waals surface area contributed by atoms with Crippen molar-refractivity contribution < 1.29 is 12.9 Å². The second-order valence-electron chi connectivity index (χ2n) is 4.72. The summed E-state index contributed by atoms with van der Waals surface area (Å²) in [6, 6.07) is 3.41. The molecule has 3 rings (SSSR count). The Morgan fingerprint density at radius 1 is 1.35 bits per heavy atom. The van der Waals surface area contributed by atoms with Gasteiger partial charge in [-0.15, -0.1) is 0 Å². The quantitative estimate of drug-likeness (QED) is 0.854. The fraction of sp³-hybridized carbons (Fsp3) is 0.417. The lowest BCUT2D eigenvalue weighted by molar-refractivity contribution is 0.361. The van der Waals surface area contributed by atoms with Crippen molar-refractivity contribution in [1.82, 2.24) is 20.4 Å². The van der Waals surface area contributed by atoms with Crippen molar-refractivity contribution in [2.45, 2.75) is 12.5 Å². The molecule has 0 radical (unpaired) electrons. The summed E-state index contributed by atoms with van der Waals surface area (Å²) in [7, 11) is -2.96. The molecule has 8 heteroatoms. The number of sulfone groups is 1. The van der Waals surface area contributed by atoms with Crippen molar-refractivity contribution in [2.75, 3.05) is 18.1 Å². The summed E-state index contributed by atoms with van der Waals surface area (Å²) in [5.41, 5.74) is 0.819. The van der Waals surface area contributed by atoms with Crippen molar-refractivity contribution in [3.63, 3.8) is 0 Å². The van der Waals surface area contributed by atoms with Crippen molar-refractivity contribution in [3.05, 3.63) is 30.4 Å². The molecule has 0 aromatic carbocycles. The number of hydrogen-bond donors (Lipinski definition) is 1. The van der Waals surface area contributed by atoms with Crippen LogP contribution in [-0.4, -0.2) is 47.6 Å². The van der Waals surface area contributed by atoms with E-state index in [1.54, 1.807) is 24.5 Å². The molecule has 2 aromatic heterocycles. The van der Waals surface area contributed by atoms with Gasteiger partial charge in [0.15, 0.2) is 9.84 Å². The first-order valence-electron chi connectivity index (χ1n) is 6.29. The van der Waals surface area contributed by atoms with E-state index in [1.165, 1.54) is 0 Å². The van der Waals surface area contributed by atoms with Gasteiger partial charge in [-0.3, -0.25) is 4.98 Å². The molecule has 0 spiro atoms. The third-order valence-corrected chi connectivity index (χ3v) is 4.87. The zero-order chi connectivity index (χ0) is 14.0. The number of nitrogens with one attached hydrogen (secondary N) is 1. The van der Waals surface area contributed by atoms with Crippen LogP contribution in [0.5, 0.6) is 0 Å². The Bertz CT molecular complexity index is 684. The normalized spacial score (nSPS) is 21.7. The van der Waals surface area contributed by atoms with Crippen molar-refractivity contribution in [1.29, 1.82) is 0 Å². The first kappa shape index (κ1) is 13.2. The molecule has 0 saturated carbocycles. The van der Waals surface area contributed by atoms with Gasteiger partial charge in [-0.1, -0.05) is 5.16 Å². The minimum Gasteiger partial charge on any atom is -0.339 e. The lowest BCUT2D eigenvalue weighted by Crippen LogP contribution is -2.46. The summed E-state index contributed by atoms with van der Waals surface area (Å²) >= 11 is 0. The summed E-state index contributed by atoms with van der Waals surface area (Å²) in [6.07, 6.45) is 3.72. The van der Waals surface area contributed by atoms with Gasteiger partial charge in [0, 0.05) is 37.0 Å². The summed E-state index contributed by atoms with van der Waals surface area (Å²) in [6.45, 7) is 0.471. The number of rotatable bonds is 3. The zero-order valence-electron chi connectivity index (χ0n) is 10.7. The average molecular weight is 294 g/mol. The molecule has 1 aliphatic heterocycles. The molecular formula is C12H14N4O3S. The van der Waals surface area contributed by atoms with Crippen LogP contribution in [0, 0.1) is 0 Å². The third kappa shape index (κ3) is 3.02. The monoisotopic (exact) mass is 294 g/mol. The third-order valence-electron chi connectivity index (χ3n) is 3.13. The van der Waals surface area contributed by atoms with Gasteiger partial charge in [0.2, 0.25) is 11.7 Å². The van der Waals surface area contributed by atoms with Gasteiger partial charge in [0.1, 0.15) is 0 Å². The van der Waals surface area contributed by atoms with Crippen LogP contribution in [0.4, 0.5) is 0 Å². The molecule has 0 amide bonds. The Morgan fingerprint density at radius 2 is 2.15 bits per heavy atom. The maximum Gasteiger partial charge on any atom is 0.228 e. The van der Waals surface area contributed by atoms with Crippen LogP contribution >= 0.6 is 0 Å². The van der Waals surface area contributed by atoms with E-state index in [1.807, 2.05) is 0 Å². The molecule has 1 fully saturated rings. The van der Waals surface area contributed by atoms with E-state index in [4.69, 9.17) is 4.52 Å². The second-order valence-corrected chi connectivity index (χ2v) is 6.95. The largest absolute Gasteiger partial charge is 0.339 e. The van der Waals surface area contributed by atoms with E-state index in [9.17, 15) is 8.42 Å². The van der Waals surface area contributed by atoms with E-state index in [-0.39, 0.29) is 17.5 Å². The number of nitrogens with zero attached hydrogens (tertiary/aromatic N) is 3. The Labute approximate surface area is 116 Å². The van der Waals surface area contributed by atoms with E-state index >= 15 is 0 Å². The topological polar surface area (TPSA) is 98.0 Å². The first-order valence-corrected chi connectivity index (χ1v) is 8.11. The van der Waals surface area contributed by atoms with Gasteiger partial charge in [-0.05, 0) is 12.1 Å². The van der Waals surface area contributed by atoms with E-state index < -0.39 is 9.84 Å². The van der Waals surface area contributed by atoms with Gasteiger partial charge in [-0.25, -0.2) is 8.42 Å². The van der Waals surface area contributed by atoms with Gasteiger partial charge in [0.25, 0.3) is 0 Å². The van der Waals surface area contributed by atoms with Gasteiger partial charge < -0.3 is 9.84 Å². The molecule has 3 heterocycles. The lowest BCUT2D eigenvalue weighted by atomic mass is 10.2. The molecule has 0 aliphatic carbocycles. The van der Waals surface area contributed by atoms with Crippen LogP contribution in [0.25, 0.3) is 11.4 Å². The maximum atomic E-state index is 11.6. The molecule has 2 aromatic rings. The Hall–Kier alpha value is -1.80. The Kier molecular flexibility index (Phi) is 3.49. The minimum atomic E-state index is -2.96. The van der Waals surface area contributed by atoms with E-state index in [0.29, 0.717) is 24.7 Å². The van der Waals surface area contributed by atoms with Crippen LogP contribution in [0.1, 0.15) is 5.89 Å². The molecule has 7 nitrogen and oxygen atoms in total. The van der Waals surface area contributed by atoms with Crippen LogP contribution in [0.2, 0.25) is 0 Å². The molecule has 1 saturated heterocycles. The molecule has 106 valence electrons. The van der Waals surface area contributed by atoms with Gasteiger partial charge >= 0.3 is 0 Å². The fourth-order valence-electron chi connectivity index (χ4n) is 2.17. The average Bonchev–Trinajstić information content (AvgIpc) is 2.87. The highest BCUT2D eigenvalue weighted by atomic mass is 32.2. The molecule has 0 bridgehead atoms. The standard InChI is InChI=1S/C12H14N4O3S/c17-20(18)6-5-14-10(8-20)7-11-15-12(16-19-11)9-1-3-13-4-2-9/h1-4,10,14H,5-8H2. The van der Waals surface area contributed by atoms with Crippen molar-refractivity contribution >= 4 is 9.84 Å². The van der Waals surface area contributed by atoms with Crippen LogP contribution in [0.15, 0.2) is 29.0 Å². The highest BCUT2D eigenvalue weighted by Gasteiger charge is 2.26. The smallest absolute Gasteiger partial charge is 0.228 e. The van der Waals surface area contributed by atoms with E-state index in [0.717, 1.165) is 5.56 Å². The van der Waals surface area contributed by atoms with Crippen LogP contribution < -0.4 is 5.32 Å². The fourth-order valence-corrected chi connectivity index (χ4v) is 3.61. The summed E-state index contributed by atoms with van der Waals surface area (Å²) < 4.78 is 28.3. The summed E-state index contributed by atoms with van der Waals surface area (Å²) in [5.74, 6) is 1.22. The van der Waals surface area contributed by atoms with Gasteiger partial charge in [0.05, 0.1) is 11.5 Å². The number of aromatic nitrogens is 3.